The van der Waals surface area contributed by atoms with E-state index in [0.717, 1.165) is 41.5 Å². The van der Waals surface area contributed by atoms with Crippen molar-refractivity contribution in [3.8, 4) is 0 Å². The molecular formula is C31H34N4O3. The van der Waals surface area contributed by atoms with E-state index < -0.39 is 5.92 Å². The van der Waals surface area contributed by atoms with Crippen molar-refractivity contribution in [2.24, 2.45) is 7.05 Å². The lowest BCUT2D eigenvalue weighted by Gasteiger charge is -2.43. The van der Waals surface area contributed by atoms with Gasteiger partial charge in [-0.05, 0) is 30.2 Å². The lowest BCUT2D eigenvalue weighted by Crippen LogP contribution is -2.52. The first-order chi connectivity index (χ1) is 18.5. The summed E-state index contributed by atoms with van der Waals surface area (Å²) in [6.45, 7) is 2.86. The molecule has 1 aliphatic carbocycles. The molecule has 38 heavy (non-hydrogen) atoms. The Morgan fingerprint density at radius 1 is 0.947 bits per heavy atom. The quantitative estimate of drug-likeness (QED) is 0.531. The van der Waals surface area contributed by atoms with Gasteiger partial charge in [0.25, 0.3) is 5.91 Å². The number of ether oxygens (including phenoxy) is 1. The average Bonchev–Trinajstić information content (AvgIpc) is 3.30. The number of nitrogens with zero attached hydrogens (tertiary/aromatic N) is 4. The third kappa shape index (κ3) is 4.02. The standard InChI is InChI=1S/C31H34N4O3/c1-32-20-26(23-8-6-7-11-27(23)32)29-28(24-9-4-5-10-25(24)30(36)33(29)2)31(37)35-18-16-34(17-19-35)21-12-14-22(38-3)15-13-21/h4-14,20,22,28-29H,15-19H2,1-3H3. The zero-order valence-electron chi connectivity index (χ0n) is 22.2. The normalized spacial score (nSPS) is 23.6. The fraction of sp³-hybridized carbons (Fsp3) is 0.355. The SMILES string of the molecule is COC1C=CC(N2CCN(C(=O)C3c4ccccc4C(=O)N(C)C3c3cn(C)c4ccccc34)CC2)=CC1. The number of piperazine rings is 1. The van der Waals surface area contributed by atoms with E-state index in [1.807, 2.05) is 55.4 Å². The summed E-state index contributed by atoms with van der Waals surface area (Å²) >= 11 is 0. The number of rotatable bonds is 4. The van der Waals surface area contributed by atoms with Crippen LogP contribution in [0.25, 0.3) is 10.9 Å². The van der Waals surface area contributed by atoms with Crippen molar-refractivity contribution in [2.45, 2.75) is 24.5 Å². The van der Waals surface area contributed by atoms with Crippen LogP contribution in [0.15, 0.2) is 78.7 Å². The summed E-state index contributed by atoms with van der Waals surface area (Å²) in [5, 5.41) is 1.08. The minimum absolute atomic E-state index is 0.0437. The summed E-state index contributed by atoms with van der Waals surface area (Å²) in [4.78, 5) is 34.0. The predicted octanol–water partition coefficient (Wildman–Crippen LogP) is 4.09. The molecule has 6 rings (SSSR count). The number of aryl methyl sites for hydroxylation is 1. The number of hydrogen-bond donors (Lipinski definition) is 0. The molecule has 1 fully saturated rings. The highest BCUT2D eigenvalue weighted by atomic mass is 16.5. The van der Waals surface area contributed by atoms with Crippen LogP contribution in [-0.2, 0) is 16.6 Å². The first-order valence-corrected chi connectivity index (χ1v) is 13.3. The third-order valence-corrected chi connectivity index (χ3v) is 8.39. The Morgan fingerprint density at radius 2 is 1.68 bits per heavy atom. The van der Waals surface area contributed by atoms with Gasteiger partial charge in [-0.15, -0.1) is 0 Å². The highest BCUT2D eigenvalue weighted by molar-refractivity contribution is 6.02. The van der Waals surface area contributed by atoms with Crippen molar-refractivity contribution in [3.05, 3.63) is 95.3 Å². The fourth-order valence-electron chi connectivity index (χ4n) is 6.32. The van der Waals surface area contributed by atoms with Gasteiger partial charge in [-0.2, -0.15) is 0 Å². The molecule has 7 heteroatoms. The molecule has 2 aromatic carbocycles. The van der Waals surface area contributed by atoms with Crippen molar-refractivity contribution in [3.63, 3.8) is 0 Å². The molecule has 0 spiro atoms. The number of para-hydroxylation sites is 1. The zero-order valence-corrected chi connectivity index (χ0v) is 22.2. The molecule has 1 aromatic heterocycles. The average molecular weight is 511 g/mol. The molecule has 3 unspecified atom stereocenters. The maximum atomic E-state index is 14.4. The number of hydrogen-bond acceptors (Lipinski definition) is 4. The van der Waals surface area contributed by atoms with Crippen molar-refractivity contribution in [1.29, 1.82) is 0 Å². The Bertz CT molecular complexity index is 1450. The maximum Gasteiger partial charge on any atom is 0.254 e. The maximum absolute atomic E-state index is 14.4. The van der Waals surface area contributed by atoms with E-state index in [2.05, 4.69) is 46.0 Å². The van der Waals surface area contributed by atoms with Gasteiger partial charge in [0, 0.05) is 81.3 Å². The summed E-state index contributed by atoms with van der Waals surface area (Å²) in [6, 6.07) is 15.4. The Balaban J connectivity index is 1.33. The van der Waals surface area contributed by atoms with E-state index in [9.17, 15) is 9.59 Å². The highest BCUT2D eigenvalue weighted by Crippen LogP contribution is 2.45. The Kier molecular flexibility index (Phi) is 6.32. The van der Waals surface area contributed by atoms with E-state index in [0.29, 0.717) is 18.7 Å². The van der Waals surface area contributed by atoms with Crippen molar-refractivity contribution >= 4 is 22.7 Å². The summed E-state index contributed by atoms with van der Waals surface area (Å²) in [6.07, 6.45) is 9.55. The van der Waals surface area contributed by atoms with E-state index in [1.165, 1.54) is 5.70 Å². The van der Waals surface area contributed by atoms with Gasteiger partial charge in [-0.25, -0.2) is 0 Å². The molecule has 0 N–H and O–H groups in total. The molecule has 2 aliphatic heterocycles. The Hall–Kier alpha value is -3.84. The summed E-state index contributed by atoms with van der Waals surface area (Å²) in [5.41, 5.74) is 4.74. The number of benzene rings is 2. The molecule has 3 heterocycles. The molecule has 0 bridgehead atoms. The van der Waals surface area contributed by atoms with Crippen LogP contribution in [0.5, 0.6) is 0 Å². The van der Waals surface area contributed by atoms with Gasteiger partial charge in [0.15, 0.2) is 0 Å². The minimum atomic E-state index is -0.470. The Labute approximate surface area is 223 Å². The second kappa shape index (κ2) is 9.80. The van der Waals surface area contributed by atoms with Gasteiger partial charge in [0.2, 0.25) is 5.91 Å². The number of allylic oxidation sites excluding steroid dienone is 1. The number of carbonyl (C=O) groups is 2. The van der Waals surface area contributed by atoms with Crippen LogP contribution < -0.4 is 0 Å². The number of amides is 2. The first-order valence-electron chi connectivity index (χ1n) is 13.3. The summed E-state index contributed by atoms with van der Waals surface area (Å²) in [5.74, 6) is -0.428. The van der Waals surface area contributed by atoms with E-state index in [1.54, 1.807) is 12.0 Å². The lowest BCUT2D eigenvalue weighted by atomic mass is 9.79. The fourth-order valence-corrected chi connectivity index (χ4v) is 6.32. The van der Waals surface area contributed by atoms with E-state index in [4.69, 9.17) is 4.74 Å². The molecule has 0 radical (unpaired) electrons. The van der Waals surface area contributed by atoms with Crippen molar-refractivity contribution < 1.29 is 14.3 Å². The van der Waals surface area contributed by atoms with Crippen LogP contribution in [0.3, 0.4) is 0 Å². The molecule has 7 nitrogen and oxygen atoms in total. The molecule has 3 atom stereocenters. The van der Waals surface area contributed by atoms with Crippen molar-refractivity contribution in [2.75, 3.05) is 40.3 Å². The number of likely N-dealkylation sites (N-methyl/N-ethyl adjacent to an activating group) is 1. The van der Waals surface area contributed by atoms with Gasteiger partial charge in [0.05, 0.1) is 18.1 Å². The van der Waals surface area contributed by atoms with E-state index in [-0.39, 0.29) is 24.0 Å². The van der Waals surface area contributed by atoms with Crippen LogP contribution in [-0.4, -0.2) is 77.5 Å². The van der Waals surface area contributed by atoms with Gasteiger partial charge >= 0.3 is 0 Å². The number of carbonyl (C=O) groups excluding carboxylic acids is 2. The largest absolute Gasteiger partial charge is 0.377 e. The van der Waals surface area contributed by atoms with Crippen molar-refractivity contribution in [1.82, 2.24) is 19.3 Å². The minimum Gasteiger partial charge on any atom is -0.377 e. The van der Waals surface area contributed by atoms with Crippen LogP contribution in [0.2, 0.25) is 0 Å². The lowest BCUT2D eigenvalue weighted by molar-refractivity contribution is -0.136. The summed E-state index contributed by atoms with van der Waals surface area (Å²) in [7, 11) is 5.58. The predicted molar refractivity (Wildman–Crippen MR) is 148 cm³/mol. The molecule has 2 amide bonds. The van der Waals surface area contributed by atoms with Gasteiger partial charge < -0.3 is 24.0 Å². The summed E-state index contributed by atoms with van der Waals surface area (Å²) < 4.78 is 7.52. The van der Waals surface area contributed by atoms with E-state index >= 15 is 0 Å². The smallest absolute Gasteiger partial charge is 0.254 e. The molecule has 1 saturated heterocycles. The van der Waals surface area contributed by atoms with Crippen LogP contribution in [0.1, 0.15) is 39.9 Å². The number of aromatic nitrogens is 1. The molecule has 196 valence electrons. The molecule has 3 aliphatic rings. The molecule has 3 aromatic rings. The van der Waals surface area contributed by atoms with Crippen LogP contribution >= 0.6 is 0 Å². The highest BCUT2D eigenvalue weighted by Gasteiger charge is 2.45. The molecular weight excluding hydrogens is 476 g/mol. The third-order valence-electron chi connectivity index (χ3n) is 8.39. The number of methoxy groups -OCH3 is 1. The number of fused-ring (bicyclic) bond motifs is 2. The second-order valence-corrected chi connectivity index (χ2v) is 10.4. The van der Waals surface area contributed by atoms with Gasteiger partial charge in [0.1, 0.15) is 0 Å². The van der Waals surface area contributed by atoms with Gasteiger partial charge in [-0.1, -0.05) is 48.6 Å². The van der Waals surface area contributed by atoms with Crippen LogP contribution in [0.4, 0.5) is 0 Å². The zero-order chi connectivity index (χ0) is 26.4. The first kappa shape index (κ1) is 24.5. The topological polar surface area (TPSA) is 58.0 Å². The van der Waals surface area contributed by atoms with Gasteiger partial charge in [-0.3, -0.25) is 9.59 Å². The molecule has 0 saturated carbocycles. The second-order valence-electron chi connectivity index (χ2n) is 10.4. The monoisotopic (exact) mass is 510 g/mol. The van der Waals surface area contributed by atoms with Crippen LogP contribution in [0, 0.1) is 0 Å². The Morgan fingerprint density at radius 3 is 2.42 bits per heavy atom.